The molecule has 4 nitrogen and oxygen atoms in total. The molecule has 0 atom stereocenters. The molecule has 0 spiro atoms. The minimum Gasteiger partial charge on any atom is -0.442 e. The van der Waals surface area contributed by atoms with E-state index >= 15 is 0 Å². The predicted octanol–water partition coefficient (Wildman–Crippen LogP) is 3.10. The van der Waals surface area contributed by atoms with E-state index in [1.165, 1.54) is 6.39 Å². The number of hydrogen-bond donors (Lipinski definition) is 1. The number of oxazole rings is 1. The fourth-order valence-electron chi connectivity index (χ4n) is 1.54. The van der Waals surface area contributed by atoms with Crippen LogP contribution in [0.15, 0.2) is 16.2 Å². The van der Waals surface area contributed by atoms with Crippen LogP contribution in [0.25, 0.3) is 10.6 Å². The first-order valence-corrected chi connectivity index (χ1v) is 6.85. The van der Waals surface area contributed by atoms with Crippen LogP contribution in [0.3, 0.4) is 0 Å². The van der Waals surface area contributed by atoms with Gasteiger partial charge in [-0.15, -0.1) is 11.3 Å². The van der Waals surface area contributed by atoms with E-state index in [1.54, 1.807) is 18.4 Å². The van der Waals surface area contributed by atoms with Gasteiger partial charge in [0.05, 0.1) is 16.5 Å². The van der Waals surface area contributed by atoms with E-state index in [9.17, 15) is 0 Å². The Bertz CT molecular complexity index is 510. The number of ether oxygens (including phenoxy) is 1. The molecule has 1 N–H and O–H groups in total. The lowest BCUT2D eigenvalue weighted by molar-refractivity contribution is 0.199. The number of nitrogens with one attached hydrogen (secondary N) is 1. The van der Waals surface area contributed by atoms with Gasteiger partial charge in [0.1, 0.15) is 5.69 Å². The number of hydrogen-bond acceptors (Lipinski definition) is 5. The lowest BCUT2D eigenvalue weighted by atomic mass is 10.2. The van der Waals surface area contributed by atoms with Crippen LogP contribution < -0.4 is 5.32 Å². The molecule has 0 aromatic carbocycles. The summed E-state index contributed by atoms with van der Waals surface area (Å²) in [5.74, 6) is 0.753. The van der Waals surface area contributed by atoms with Gasteiger partial charge in [-0.05, 0) is 17.9 Å². The average molecular weight is 287 g/mol. The van der Waals surface area contributed by atoms with E-state index in [1.807, 2.05) is 12.3 Å². The number of methoxy groups -OCH3 is 1. The molecule has 0 saturated carbocycles. The van der Waals surface area contributed by atoms with Crippen LogP contribution in [0.1, 0.15) is 11.3 Å². The second kappa shape index (κ2) is 6.33. The van der Waals surface area contributed by atoms with Crippen molar-refractivity contribution in [3.05, 3.63) is 28.1 Å². The summed E-state index contributed by atoms with van der Waals surface area (Å²) in [5.41, 5.74) is 1.93. The highest BCUT2D eigenvalue weighted by atomic mass is 35.5. The van der Waals surface area contributed by atoms with E-state index in [4.69, 9.17) is 20.8 Å². The fourth-order valence-corrected chi connectivity index (χ4v) is 2.83. The predicted molar refractivity (Wildman–Crippen MR) is 73.1 cm³/mol. The molecule has 18 heavy (non-hydrogen) atoms. The largest absolute Gasteiger partial charge is 0.442 e. The van der Waals surface area contributed by atoms with Gasteiger partial charge < -0.3 is 14.5 Å². The van der Waals surface area contributed by atoms with Crippen molar-refractivity contribution >= 4 is 22.9 Å². The number of halogens is 1. The first-order chi connectivity index (χ1) is 8.74. The molecule has 0 fully saturated rings. The zero-order chi connectivity index (χ0) is 13.0. The monoisotopic (exact) mass is 286 g/mol. The maximum absolute atomic E-state index is 6.24. The van der Waals surface area contributed by atoms with E-state index in [0.717, 1.165) is 33.5 Å². The molecule has 0 aliphatic heterocycles. The maximum Gasteiger partial charge on any atom is 0.181 e. The van der Waals surface area contributed by atoms with E-state index in [2.05, 4.69) is 10.3 Å². The lowest BCUT2D eigenvalue weighted by Gasteiger charge is -2.03. The molecule has 0 unspecified atom stereocenters. The Hall–Kier alpha value is -0.880. The second-order valence-corrected chi connectivity index (χ2v) is 5.12. The summed E-state index contributed by atoms with van der Waals surface area (Å²) >= 11 is 7.81. The molecular formula is C12H15ClN2O2S. The molecule has 0 radical (unpaired) electrons. The first-order valence-electron chi connectivity index (χ1n) is 5.60. The smallest absolute Gasteiger partial charge is 0.181 e. The minimum absolute atomic E-state index is 0.641. The summed E-state index contributed by atoms with van der Waals surface area (Å²) in [5, 5.41) is 6.00. The van der Waals surface area contributed by atoms with Crippen molar-refractivity contribution in [1.29, 1.82) is 0 Å². The Morgan fingerprint density at radius 3 is 3.06 bits per heavy atom. The van der Waals surface area contributed by atoms with Gasteiger partial charge in [0.2, 0.25) is 0 Å². The van der Waals surface area contributed by atoms with Crippen molar-refractivity contribution in [2.75, 3.05) is 20.3 Å². The number of aromatic nitrogens is 1. The molecular weight excluding hydrogens is 272 g/mol. The number of rotatable bonds is 6. The fraction of sp³-hybridized carbons (Fsp3) is 0.417. The topological polar surface area (TPSA) is 47.3 Å². The third-order valence-electron chi connectivity index (χ3n) is 2.52. The molecule has 0 saturated heterocycles. The SMILES string of the molecule is COCCNCc1ncoc1-c1scc(C)c1Cl. The summed E-state index contributed by atoms with van der Waals surface area (Å²) in [6.45, 7) is 4.07. The Morgan fingerprint density at radius 2 is 2.39 bits per heavy atom. The summed E-state index contributed by atoms with van der Waals surface area (Å²) in [4.78, 5) is 5.16. The second-order valence-electron chi connectivity index (χ2n) is 3.86. The third-order valence-corrected chi connectivity index (χ3v) is 4.22. The summed E-state index contributed by atoms with van der Waals surface area (Å²) in [7, 11) is 1.68. The van der Waals surface area contributed by atoms with Gasteiger partial charge in [-0.1, -0.05) is 11.6 Å². The van der Waals surface area contributed by atoms with Gasteiger partial charge >= 0.3 is 0 Å². The van der Waals surface area contributed by atoms with Gasteiger partial charge in [-0.2, -0.15) is 0 Å². The zero-order valence-corrected chi connectivity index (χ0v) is 11.9. The summed E-state index contributed by atoms with van der Waals surface area (Å²) in [6.07, 6.45) is 1.45. The minimum atomic E-state index is 0.641. The van der Waals surface area contributed by atoms with Gasteiger partial charge in [0.15, 0.2) is 12.2 Å². The molecule has 2 aromatic rings. The van der Waals surface area contributed by atoms with Crippen LogP contribution in [0.5, 0.6) is 0 Å². The Kier molecular flexibility index (Phi) is 4.77. The van der Waals surface area contributed by atoms with E-state index in [0.29, 0.717) is 13.2 Å². The van der Waals surface area contributed by atoms with Crippen molar-refractivity contribution in [1.82, 2.24) is 10.3 Å². The Morgan fingerprint density at radius 1 is 1.56 bits per heavy atom. The quantitative estimate of drug-likeness (QED) is 0.829. The van der Waals surface area contributed by atoms with Gasteiger partial charge in [0.25, 0.3) is 0 Å². The van der Waals surface area contributed by atoms with Crippen LogP contribution >= 0.6 is 22.9 Å². The Balaban J connectivity index is 2.10. The summed E-state index contributed by atoms with van der Waals surface area (Å²) < 4.78 is 10.4. The maximum atomic E-state index is 6.24. The van der Waals surface area contributed by atoms with E-state index in [-0.39, 0.29) is 0 Å². The van der Waals surface area contributed by atoms with Gasteiger partial charge in [-0.25, -0.2) is 4.98 Å². The molecule has 0 amide bonds. The normalized spacial score (nSPS) is 11.1. The highest BCUT2D eigenvalue weighted by Gasteiger charge is 2.16. The van der Waals surface area contributed by atoms with Gasteiger partial charge in [0, 0.05) is 20.2 Å². The van der Waals surface area contributed by atoms with Crippen LogP contribution in [-0.4, -0.2) is 25.2 Å². The van der Waals surface area contributed by atoms with Crippen molar-refractivity contribution in [2.24, 2.45) is 0 Å². The number of thiophene rings is 1. The first kappa shape index (κ1) is 13.5. The van der Waals surface area contributed by atoms with Crippen LogP contribution in [0.4, 0.5) is 0 Å². The van der Waals surface area contributed by atoms with Crippen molar-refractivity contribution in [2.45, 2.75) is 13.5 Å². The Labute approximate surface area is 115 Å². The molecule has 6 heteroatoms. The standard InChI is InChI=1S/C12H15ClN2O2S/c1-8-6-18-12(10(8)13)11-9(15-7-17-11)5-14-3-4-16-2/h6-7,14H,3-5H2,1-2H3. The molecule has 2 aromatic heterocycles. The van der Waals surface area contributed by atoms with Crippen LogP contribution in [0.2, 0.25) is 5.02 Å². The molecule has 0 aliphatic rings. The number of aryl methyl sites for hydroxylation is 1. The van der Waals surface area contributed by atoms with Crippen molar-refractivity contribution in [3.8, 4) is 10.6 Å². The lowest BCUT2D eigenvalue weighted by Crippen LogP contribution is -2.19. The molecule has 2 rings (SSSR count). The highest BCUT2D eigenvalue weighted by Crippen LogP contribution is 2.37. The molecule has 98 valence electrons. The number of nitrogens with zero attached hydrogens (tertiary/aromatic N) is 1. The molecule has 0 bridgehead atoms. The zero-order valence-electron chi connectivity index (χ0n) is 10.3. The average Bonchev–Trinajstić information content (AvgIpc) is 2.94. The van der Waals surface area contributed by atoms with Gasteiger partial charge in [-0.3, -0.25) is 0 Å². The van der Waals surface area contributed by atoms with Crippen LogP contribution in [-0.2, 0) is 11.3 Å². The molecule has 0 aliphatic carbocycles. The summed E-state index contributed by atoms with van der Waals surface area (Å²) in [6, 6.07) is 0. The van der Waals surface area contributed by atoms with Crippen molar-refractivity contribution in [3.63, 3.8) is 0 Å². The van der Waals surface area contributed by atoms with E-state index < -0.39 is 0 Å². The third kappa shape index (κ3) is 2.92. The van der Waals surface area contributed by atoms with Crippen molar-refractivity contribution < 1.29 is 9.15 Å². The van der Waals surface area contributed by atoms with Crippen LogP contribution in [0, 0.1) is 6.92 Å². The molecule has 2 heterocycles. The highest BCUT2D eigenvalue weighted by molar-refractivity contribution is 7.14.